The summed E-state index contributed by atoms with van der Waals surface area (Å²) in [7, 11) is 1.57. The largest absolute Gasteiger partial charge is 0.497 e. The Hall–Kier alpha value is -3.41. The van der Waals surface area contributed by atoms with Crippen LogP contribution in [0, 0.1) is 0 Å². The molecule has 6 nitrogen and oxygen atoms in total. The maximum Gasteiger partial charge on any atom is 0.274 e. The van der Waals surface area contributed by atoms with E-state index in [1.165, 1.54) is 12.4 Å². The van der Waals surface area contributed by atoms with Crippen molar-refractivity contribution in [1.82, 2.24) is 9.97 Å². The topological polar surface area (TPSA) is 73.3 Å². The van der Waals surface area contributed by atoms with Crippen LogP contribution < -0.4 is 14.8 Å². The molecule has 0 saturated carbocycles. The van der Waals surface area contributed by atoms with Crippen molar-refractivity contribution in [2.24, 2.45) is 0 Å². The lowest BCUT2D eigenvalue weighted by molar-refractivity contribution is 0.102. The van der Waals surface area contributed by atoms with Gasteiger partial charge in [0.15, 0.2) is 0 Å². The van der Waals surface area contributed by atoms with Gasteiger partial charge in [0.05, 0.1) is 7.11 Å². The van der Waals surface area contributed by atoms with Crippen LogP contribution in [0.25, 0.3) is 0 Å². The minimum absolute atomic E-state index is 0.223. The molecule has 0 spiro atoms. The van der Waals surface area contributed by atoms with E-state index in [0.29, 0.717) is 23.9 Å². The van der Waals surface area contributed by atoms with E-state index < -0.39 is 0 Å². The summed E-state index contributed by atoms with van der Waals surface area (Å²) in [5.74, 6) is 0.655. The average molecular weight is 335 g/mol. The average Bonchev–Trinajstić information content (AvgIpc) is 2.67. The molecule has 1 heterocycles. The summed E-state index contributed by atoms with van der Waals surface area (Å²) in [4.78, 5) is 20.4. The molecule has 1 amide bonds. The van der Waals surface area contributed by atoms with Crippen LogP contribution in [0.15, 0.2) is 67.0 Å². The van der Waals surface area contributed by atoms with Crippen molar-refractivity contribution in [1.29, 1.82) is 0 Å². The highest BCUT2D eigenvalue weighted by Crippen LogP contribution is 2.18. The van der Waals surface area contributed by atoms with Crippen molar-refractivity contribution in [3.05, 3.63) is 78.2 Å². The van der Waals surface area contributed by atoms with Gasteiger partial charge in [0, 0.05) is 17.8 Å². The third-order valence-corrected chi connectivity index (χ3v) is 3.43. The number of nitrogens with one attached hydrogen (secondary N) is 1. The summed E-state index contributed by atoms with van der Waals surface area (Å²) < 4.78 is 10.8. The summed E-state index contributed by atoms with van der Waals surface area (Å²) in [6, 6.07) is 18.3. The molecule has 0 radical (unpaired) electrons. The molecule has 0 bridgehead atoms. The lowest BCUT2D eigenvalue weighted by Gasteiger charge is -2.08. The van der Waals surface area contributed by atoms with Crippen LogP contribution >= 0.6 is 0 Å². The van der Waals surface area contributed by atoms with E-state index in [1.54, 1.807) is 31.4 Å². The lowest BCUT2D eigenvalue weighted by atomic mass is 10.2. The monoisotopic (exact) mass is 335 g/mol. The number of anilines is 1. The first kappa shape index (κ1) is 16.4. The van der Waals surface area contributed by atoms with Crippen LogP contribution in [0.1, 0.15) is 16.1 Å². The van der Waals surface area contributed by atoms with Crippen LogP contribution in [0.4, 0.5) is 5.69 Å². The van der Waals surface area contributed by atoms with Crippen LogP contribution in [-0.2, 0) is 6.61 Å². The Balaban J connectivity index is 1.66. The van der Waals surface area contributed by atoms with Gasteiger partial charge in [-0.15, -0.1) is 0 Å². The van der Waals surface area contributed by atoms with Gasteiger partial charge in [-0.25, -0.2) is 9.97 Å². The zero-order valence-electron chi connectivity index (χ0n) is 13.7. The minimum atomic E-state index is -0.347. The zero-order valence-corrected chi connectivity index (χ0v) is 13.7. The number of hydrogen-bond donors (Lipinski definition) is 1. The number of amides is 1. The molecule has 0 saturated heterocycles. The molecule has 3 aromatic rings. The number of rotatable bonds is 6. The molecule has 2 aromatic carbocycles. The van der Waals surface area contributed by atoms with Crippen LogP contribution in [0.3, 0.4) is 0 Å². The molecule has 0 unspecified atom stereocenters. The second-order valence-electron chi connectivity index (χ2n) is 5.20. The molecule has 0 atom stereocenters. The van der Waals surface area contributed by atoms with Gasteiger partial charge in [0.2, 0.25) is 5.88 Å². The maximum absolute atomic E-state index is 12.3. The standard InChI is InChI=1S/C19H17N3O3/c1-24-16-9-5-8-15(10-16)22-19(23)17-11-18(21-13-20-17)25-12-14-6-3-2-4-7-14/h2-11,13H,12H2,1H3,(H,22,23). The van der Waals surface area contributed by atoms with Gasteiger partial charge in [-0.05, 0) is 17.7 Å². The van der Waals surface area contributed by atoms with Gasteiger partial charge < -0.3 is 14.8 Å². The highest BCUT2D eigenvalue weighted by atomic mass is 16.5. The molecule has 126 valence electrons. The van der Waals surface area contributed by atoms with Crippen molar-refractivity contribution < 1.29 is 14.3 Å². The molecule has 0 aliphatic heterocycles. The fraction of sp³-hybridized carbons (Fsp3) is 0.105. The van der Waals surface area contributed by atoms with Crippen LogP contribution in [0.2, 0.25) is 0 Å². The van der Waals surface area contributed by atoms with Gasteiger partial charge in [-0.3, -0.25) is 4.79 Å². The number of hydrogen-bond acceptors (Lipinski definition) is 5. The van der Waals surface area contributed by atoms with Crippen molar-refractivity contribution in [3.8, 4) is 11.6 Å². The summed E-state index contributed by atoms with van der Waals surface area (Å²) in [6.45, 7) is 0.370. The van der Waals surface area contributed by atoms with Gasteiger partial charge in [0.25, 0.3) is 5.91 Å². The fourth-order valence-corrected chi connectivity index (χ4v) is 2.17. The van der Waals surface area contributed by atoms with E-state index >= 15 is 0 Å². The third-order valence-electron chi connectivity index (χ3n) is 3.43. The molecule has 25 heavy (non-hydrogen) atoms. The normalized spacial score (nSPS) is 10.1. The van der Waals surface area contributed by atoms with Gasteiger partial charge in [0.1, 0.15) is 24.4 Å². The van der Waals surface area contributed by atoms with Crippen LogP contribution in [0.5, 0.6) is 11.6 Å². The van der Waals surface area contributed by atoms with Gasteiger partial charge in [-0.1, -0.05) is 36.4 Å². The molecular formula is C19H17N3O3. The summed E-state index contributed by atoms with van der Waals surface area (Å²) in [5, 5.41) is 2.77. The molecule has 0 fully saturated rings. The second kappa shape index (κ2) is 7.92. The lowest BCUT2D eigenvalue weighted by Crippen LogP contribution is -2.14. The molecule has 1 aromatic heterocycles. The van der Waals surface area contributed by atoms with Crippen LogP contribution in [-0.4, -0.2) is 23.0 Å². The first-order chi connectivity index (χ1) is 12.2. The van der Waals surface area contributed by atoms with E-state index in [9.17, 15) is 4.79 Å². The number of nitrogens with zero attached hydrogens (tertiary/aromatic N) is 2. The van der Waals surface area contributed by atoms with Crippen molar-refractivity contribution in [3.63, 3.8) is 0 Å². The Morgan fingerprint density at radius 1 is 1.04 bits per heavy atom. The predicted molar refractivity (Wildman–Crippen MR) is 93.8 cm³/mol. The SMILES string of the molecule is COc1cccc(NC(=O)c2cc(OCc3ccccc3)ncn2)c1. The number of carbonyl (C=O) groups is 1. The summed E-state index contributed by atoms with van der Waals surface area (Å²) in [5.41, 5.74) is 1.86. The highest BCUT2D eigenvalue weighted by molar-refractivity contribution is 6.03. The Morgan fingerprint density at radius 2 is 1.88 bits per heavy atom. The predicted octanol–water partition coefficient (Wildman–Crippen LogP) is 3.32. The molecular weight excluding hydrogens is 318 g/mol. The van der Waals surface area contributed by atoms with Gasteiger partial charge >= 0.3 is 0 Å². The first-order valence-electron chi connectivity index (χ1n) is 7.69. The smallest absolute Gasteiger partial charge is 0.274 e. The molecule has 0 aliphatic rings. The van der Waals surface area contributed by atoms with E-state index in [1.807, 2.05) is 30.3 Å². The number of methoxy groups -OCH3 is 1. The van der Waals surface area contributed by atoms with Gasteiger partial charge in [-0.2, -0.15) is 0 Å². The van der Waals surface area contributed by atoms with Crippen molar-refractivity contribution in [2.45, 2.75) is 6.61 Å². The minimum Gasteiger partial charge on any atom is -0.497 e. The molecule has 0 aliphatic carbocycles. The molecule has 1 N–H and O–H groups in total. The molecule has 3 rings (SSSR count). The Bertz CT molecular complexity index is 853. The van der Waals surface area contributed by atoms with E-state index in [-0.39, 0.29) is 11.6 Å². The first-order valence-corrected chi connectivity index (χ1v) is 7.69. The number of ether oxygens (including phenoxy) is 2. The molecule has 6 heteroatoms. The van der Waals surface area contributed by atoms with Crippen molar-refractivity contribution in [2.75, 3.05) is 12.4 Å². The Morgan fingerprint density at radius 3 is 2.68 bits per heavy atom. The van der Waals surface area contributed by atoms with E-state index in [2.05, 4.69) is 15.3 Å². The van der Waals surface area contributed by atoms with E-state index in [0.717, 1.165) is 5.56 Å². The maximum atomic E-state index is 12.3. The number of aromatic nitrogens is 2. The number of benzene rings is 2. The van der Waals surface area contributed by atoms with Crippen molar-refractivity contribution >= 4 is 11.6 Å². The summed E-state index contributed by atoms with van der Waals surface area (Å²) >= 11 is 0. The highest BCUT2D eigenvalue weighted by Gasteiger charge is 2.10. The third kappa shape index (κ3) is 4.54. The fourth-order valence-electron chi connectivity index (χ4n) is 2.17. The van der Waals surface area contributed by atoms with E-state index in [4.69, 9.17) is 9.47 Å². The Labute approximate surface area is 145 Å². The second-order valence-corrected chi connectivity index (χ2v) is 5.20. The quantitative estimate of drug-likeness (QED) is 0.748. The zero-order chi connectivity index (χ0) is 17.5. The Kier molecular flexibility index (Phi) is 5.21. The number of carbonyl (C=O) groups excluding carboxylic acids is 1. The summed E-state index contributed by atoms with van der Waals surface area (Å²) in [6.07, 6.45) is 1.31.